The van der Waals surface area contributed by atoms with Crippen molar-refractivity contribution in [1.29, 1.82) is 0 Å². The van der Waals surface area contributed by atoms with Crippen LogP contribution >= 0.6 is 0 Å². The number of halogens is 1. The highest BCUT2D eigenvalue weighted by atomic mass is 19.1. The Morgan fingerprint density at radius 3 is 2.42 bits per heavy atom. The minimum Gasteiger partial charge on any atom is -0.349 e. The van der Waals surface area contributed by atoms with Gasteiger partial charge in [0.1, 0.15) is 17.2 Å². The minimum atomic E-state index is -0.551. The van der Waals surface area contributed by atoms with Gasteiger partial charge in [0, 0.05) is 43.0 Å². The first-order chi connectivity index (χ1) is 19.1. The number of benzene rings is 2. The van der Waals surface area contributed by atoms with Crippen LogP contribution in [0.15, 0.2) is 47.3 Å². The average molecular weight is 546 g/mol. The topological polar surface area (TPSA) is 104 Å². The molecule has 2 aromatic carbocycles. The second-order valence-corrected chi connectivity index (χ2v) is 10.6. The molecule has 9 nitrogen and oxygen atoms in total. The highest BCUT2D eigenvalue weighted by Crippen LogP contribution is 2.38. The van der Waals surface area contributed by atoms with E-state index in [0.717, 1.165) is 25.7 Å². The van der Waals surface area contributed by atoms with E-state index in [2.05, 4.69) is 10.6 Å². The van der Waals surface area contributed by atoms with Gasteiger partial charge in [0.25, 0.3) is 17.4 Å². The molecule has 3 aromatic rings. The monoisotopic (exact) mass is 545 g/mol. The molecule has 208 valence electrons. The Bertz CT molecular complexity index is 1570. The summed E-state index contributed by atoms with van der Waals surface area (Å²) >= 11 is 0. The molecule has 40 heavy (non-hydrogen) atoms. The highest BCUT2D eigenvalue weighted by Gasteiger charge is 2.36. The number of pyridine rings is 1. The van der Waals surface area contributed by atoms with Crippen molar-refractivity contribution in [3.05, 3.63) is 80.9 Å². The quantitative estimate of drug-likeness (QED) is 0.390. The Balaban J connectivity index is 1.69. The molecule has 1 heterocycles. The van der Waals surface area contributed by atoms with Crippen LogP contribution in [0, 0.1) is 19.7 Å². The van der Waals surface area contributed by atoms with Crippen LogP contribution in [0.5, 0.6) is 0 Å². The van der Waals surface area contributed by atoms with Crippen molar-refractivity contribution in [2.24, 2.45) is 7.05 Å². The molecule has 2 fully saturated rings. The van der Waals surface area contributed by atoms with E-state index < -0.39 is 17.3 Å². The Morgan fingerprint density at radius 1 is 1.07 bits per heavy atom. The molecule has 0 bridgehead atoms. The van der Waals surface area contributed by atoms with Gasteiger partial charge in [-0.1, -0.05) is 12.1 Å². The van der Waals surface area contributed by atoms with E-state index >= 15 is 0 Å². The van der Waals surface area contributed by atoms with Gasteiger partial charge in [0.2, 0.25) is 6.41 Å². The summed E-state index contributed by atoms with van der Waals surface area (Å²) in [6, 6.07) is 11.2. The molecule has 1 aromatic heterocycles. The number of carbonyl (C=O) groups excluding carboxylic acids is 3. The summed E-state index contributed by atoms with van der Waals surface area (Å²) in [6.07, 6.45) is 4.05. The van der Waals surface area contributed by atoms with Gasteiger partial charge in [-0.15, -0.1) is 0 Å². The fourth-order valence-electron chi connectivity index (χ4n) is 4.76. The molecule has 0 saturated heterocycles. The van der Waals surface area contributed by atoms with Crippen LogP contribution in [-0.4, -0.2) is 46.8 Å². The number of carbonyl (C=O) groups is 3. The number of rotatable bonds is 9. The molecule has 0 atom stereocenters. The summed E-state index contributed by atoms with van der Waals surface area (Å²) in [5, 5.41) is 5.89. The first kappa shape index (κ1) is 27.1. The van der Waals surface area contributed by atoms with E-state index in [4.69, 9.17) is 0 Å². The lowest BCUT2D eigenvalue weighted by atomic mass is 10.0. The Kier molecular flexibility index (Phi) is 7.18. The lowest BCUT2D eigenvalue weighted by molar-refractivity contribution is -0.106. The molecule has 0 radical (unpaired) electrons. The molecule has 10 heteroatoms. The summed E-state index contributed by atoms with van der Waals surface area (Å²) < 4.78 is 16.2. The summed E-state index contributed by atoms with van der Waals surface area (Å²) in [7, 11) is 3.17. The number of anilines is 4. The van der Waals surface area contributed by atoms with Crippen molar-refractivity contribution in [1.82, 2.24) is 14.8 Å². The van der Waals surface area contributed by atoms with E-state index in [1.54, 1.807) is 56.1 Å². The smallest absolute Gasteiger partial charge is 0.259 e. The molecule has 2 N–H and O–H groups in total. The van der Waals surface area contributed by atoms with Crippen molar-refractivity contribution in [2.75, 3.05) is 17.3 Å². The third-order valence-corrected chi connectivity index (χ3v) is 7.44. The van der Waals surface area contributed by atoms with Gasteiger partial charge >= 0.3 is 0 Å². The van der Waals surface area contributed by atoms with Crippen molar-refractivity contribution in [3.63, 3.8) is 0 Å². The number of amides is 3. The van der Waals surface area contributed by atoms with Gasteiger partial charge in [0.05, 0.1) is 11.4 Å². The molecule has 0 aliphatic heterocycles. The Labute approximate surface area is 231 Å². The van der Waals surface area contributed by atoms with Gasteiger partial charge < -0.3 is 15.5 Å². The van der Waals surface area contributed by atoms with Crippen LogP contribution in [-0.2, 0) is 11.8 Å². The van der Waals surface area contributed by atoms with Gasteiger partial charge in [0.15, 0.2) is 0 Å². The second kappa shape index (κ2) is 10.6. The Hall–Kier alpha value is -4.47. The number of nitrogens with one attached hydrogen (secondary N) is 2. The summed E-state index contributed by atoms with van der Waals surface area (Å²) in [5.74, 6) is -1.18. The fraction of sp³-hybridized carbons (Fsp3) is 0.333. The number of hydrogen-bond donors (Lipinski definition) is 2. The van der Waals surface area contributed by atoms with Gasteiger partial charge in [-0.3, -0.25) is 28.6 Å². The van der Waals surface area contributed by atoms with Crippen LogP contribution in [0.1, 0.15) is 57.5 Å². The van der Waals surface area contributed by atoms with Crippen molar-refractivity contribution in [2.45, 2.75) is 51.6 Å². The number of aryl methyl sites for hydroxylation is 1. The van der Waals surface area contributed by atoms with Crippen molar-refractivity contribution >= 4 is 41.1 Å². The van der Waals surface area contributed by atoms with Gasteiger partial charge in [-0.05, 0) is 75.4 Å². The summed E-state index contributed by atoms with van der Waals surface area (Å²) in [4.78, 5) is 55.7. The van der Waals surface area contributed by atoms with Crippen molar-refractivity contribution in [3.8, 4) is 0 Å². The van der Waals surface area contributed by atoms with E-state index in [-0.39, 0.29) is 46.3 Å². The maximum Gasteiger partial charge on any atom is 0.259 e. The summed E-state index contributed by atoms with van der Waals surface area (Å²) in [5.41, 5.74) is 1.26. The first-order valence-corrected chi connectivity index (χ1v) is 13.3. The zero-order chi connectivity index (χ0) is 28.7. The zero-order valence-corrected chi connectivity index (χ0v) is 23.0. The second-order valence-electron chi connectivity index (χ2n) is 10.6. The lowest BCUT2D eigenvalue weighted by Crippen LogP contribution is -2.35. The molecule has 5 rings (SSSR count). The van der Waals surface area contributed by atoms with Crippen LogP contribution in [0.3, 0.4) is 0 Å². The van der Waals surface area contributed by atoms with Gasteiger partial charge in [-0.25, -0.2) is 4.39 Å². The van der Waals surface area contributed by atoms with Crippen molar-refractivity contribution < 1.29 is 18.8 Å². The van der Waals surface area contributed by atoms with E-state index in [9.17, 15) is 23.6 Å². The number of aromatic nitrogens is 1. The van der Waals surface area contributed by atoms with E-state index in [1.165, 1.54) is 28.6 Å². The Morgan fingerprint density at radius 2 is 1.80 bits per heavy atom. The standard InChI is InChI=1S/C30H32FN5O4/c1-17-8-13-24(23(31)14-17)33-27-25(30(40)34(3)21-11-12-21)26(18(2)29(39)35(27)4)36(16-37)22-7-5-6-19(15-22)28(38)32-20-9-10-20/h5-8,13-16,20-21,33H,9-12H2,1-4H3,(H,32,38). The predicted molar refractivity (Wildman–Crippen MR) is 151 cm³/mol. The molecule has 0 unspecified atom stereocenters. The molecule has 2 saturated carbocycles. The fourth-order valence-corrected chi connectivity index (χ4v) is 4.76. The predicted octanol–water partition coefficient (Wildman–Crippen LogP) is 4.31. The number of nitrogens with zero attached hydrogens (tertiary/aromatic N) is 3. The average Bonchev–Trinajstić information content (AvgIpc) is 3.86. The van der Waals surface area contributed by atoms with Crippen LogP contribution in [0.2, 0.25) is 0 Å². The first-order valence-electron chi connectivity index (χ1n) is 13.3. The molecule has 2 aliphatic carbocycles. The van der Waals surface area contributed by atoms with Crippen LogP contribution in [0.4, 0.5) is 27.3 Å². The van der Waals surface area contributed by atoms with Crippen LogP contribution in [0.25, 0.3) is 0 Å². The zero-order valence-electron chi connectivity index (χ0n) is 23.0. The summed E-state index contributed by atoms with van der Waals surface area (Å²) in [6.45, 7) is 3.30. The maximum absolute atomic E-state index is 14.9. The SMILES string of the molecule is Cc1ccc(Nc2c(C(=O)N(C)C3CC3)c(N(C=O)c3cccc(C(=O)NC4CC4)c3)c(C)c(=O)n2C)c(F)c1. The highest BCUT2D eigenvalue weighted by molar-refractivity contribution is 6.09. The molecular formula is C30H32FN5O4. The maximum atomic E-state index is 14.9. The van der Waals surface area contributed by atoms with Gasteiger partial charge in [-0.2, -0.15) is 0 Å². The third kappa shape index (κ3) is 5.21. The normalized spacial score (nSPS) is 14.4. The van der Waals surface area contributed by atoms with E-state index in [1.807, 2.05) is 0 Å². The van der Waals surface area contributed by atoms with Crippen LogP contribution < -0.4 is 21.1 Å². The largest absolute Gasteiger partial charge is 0.349 e. The third-order valence-electron chi connectivity index (χ3n) is 7.44. The molecular weight excluding hydrogens is 513 g/mol. The minimum absolute atomic E-state index is 0.0287. The number of hydrogen-bond acceptors (Lipinski definition) is 5. The molecule has 2 aliphatic rings. The van der Waals surface area contributed by atoms with E-state index in [0.29, 0.717) is 23.2 Å². The molecule has 3 amide bonds. The molecule has 0 spiro atoms. The lowest BCUT2D eigenvalue weighted by Gasteiger charge is -2.28.